The molecule has 6 heterocycles. The van der Waals surface area contributed by atoms with E-state index in [1.54, 1.807) is 0 Å². The third-order valence-electron chi connectivity index (χ3n) is 12.3. The lowest BCUT2D eigenvalue weighted by molar-refractivity contribution is 0.259. The summed E-state index contributed by atoms with van der Waals surface area (Å²) in [5.74, 6) is 1.83. The van der Waals surface area contributed by atoms with Gasteiger partial charge in [0.15, 0.2) is 11.5 Å². The van der Waals surface area contributed by atoms with Crippen LogP contribution in [0.2, 0.25) is 0 Å². The molecule has 0 spiro atoms. The van der Waals surface area contributed by atoms with E-state index in [4.69, 9.17) is 9.47 Å². The van der Waals surface area contributed by atoms with Crippen molar-refractivity contribution in [2.45, 2.75) is 117 Å². The van der Waals surface area contributed by atoms with Crippen LogP contribution < -0.4 is 9.47 Å². The number of ether oxygens (including phenoxy) is 2. The zero-order valence-electron chi connectivity index (χ0n) is 33.8. The molecular weight excluding hydrogens is 825 g/mol. The summed E-state index contributed by atoms with van der Waals surface area (Å²) in [6.45, 7) is 6.04. The third kappa shape index (κ3) is 7.01. The predicted octanol–water partition coefficient (Wildman–Crippen LogP) is 19.5. The maximum absolute atomic E-state index is 6.87. The fourth-order valence-corrected chi connectivity index (χ4v) is 16.3. The lowest BCUT2D eigenvalue weighted by atomic mass is 9.97. The highest BCUT2D eigenvalue weighted by molar-refractivity contribution is 7.38. The fourth-order valence-electron chi connectivity index (χ4n) is 9.31. The first-order valence-electron chi connectivity index (χ1n) is 21.9. The van der Waals surface area contributed by atoms with Crippen LogP contribution in [0.1, 0.15) is 117 Å². The van der Waals surface area contributed by atoms with Crippen molar-refractivity contribution in [2.24, 2.45) is 0 Å². The Bertz CT molecular complexity index is 2810. The highest BCUT2D eigenvalue weighted by atomic mass is 32.1. The van der Waals surface area contributed by atoms with Gasteiger partial charge in [-0.2, -0.15) is 0 Å². The SMILES string of the molecule is CCCCCCCCCCOc1cc2c(cc1OCCCCCCCCCC)c1c(sc3c4sccc4c4ccsc4c31)c1sc3c4sccc4c4ccsc4c3c21. The Morgan fingerprint density at radius 2 is 0.672 bits per heavy atom. The molecule has 58 heavy (non-hydrogen) atoms. The molecule has 0 N–H and O–H groups in total. The summed E-state index contributed by atoms with van der Waals surface area (Å²) in [4.78, 5) is 0. The van der Waals surface area contributed by atoms with Crippen LogP contribution in [0, 0.1) is 0 Å². The molecule has 10 rings (SSSR count). The van der Waals surface area contributed by atoms with Gasteiger partial charge < -0.3 is 9.47 Å². The summed E-state index contributed by atoms with van der Waals surface area (Å²) in [5, 5.41) is 23.0. The topological polar surface area (TPSA) is 18.5 Å². The molecule has 300 valence electrons. The van der Waals surface area contributed by atoms with Crippen molar-refractivity contribution in [3.8, 4) is 11.5 Å². The van der Waals surface area contributed by atoms with E-state index in [1.165, 1.54) is 181 Å². The van der Waals surface area contributed by atoms with Crippen LogP contribution in [0.25, 0.3) is 91.5 Å². The number of fused-ring (bicyclic) bond motifs is 20. The second-order valence-electron chi connectivity index (χ2n) is 16.2. The molecule has 0 fully saturated rings. The quantitative estimate of drug-likeness (QED) is 0.0710. The molecule has 0 bridgehead atoms. The van der Waals surface area contributed by atoms with Gasteiger partial charge in [0, 0.05) is 52.5 Å². The maximum atomic E-state index is 6.87. The zero-order chi connectivity index (χ0) is 39.0. The molecule has 0 aliphatic rings. The molecule has 10 aromatic rings. The molecule has 8 heteroatoms. The standard InChI is InChI=1S/C50H52O2S6/c1-3-5-7-9-11-13-15-17-23-51-37-29-35-36(30-38(37)52-24-18-16-14-12-10-8-6-4-2)40-42-44-32(20-26-54-44)34-22-28-56-46(34)50(42)58-48(40)47-39(35)41-43-31(19-25-53-43)33-21-27-55-45(33)49(41)57-47/h19-22,25-30H,3-18,23-24H2,1-2H3. The largest absolute Gasteiger partial charge is 0.490 e. The number of hydrogen-bond acceptors (Lipinski definition) is 8. The van der Waals surface area contributed by atoms with Crippen molar-refractivity contribution in [2.75, 3.05) is 13.2 Å². The highest BCUT2D eigenvalue weighted by Crippen LogP contribution is 2.57. The Kier molecular flexibility index (Phi) is 11.9. The van der Waals surface area contributed by atoms with Crippen LogP contribution in [0.5, 0.6) is 11.5 Å². The minimum absolute atomic E-state index is 0.725. The molecular formula is C50H52O2S6. The molecule has 4 aromatic carbocycles. The van der Waals surface area contributed by atoms with E-state index in [9.17, 15) is 0 Å². The van der Waals surface area contributed by atoms with Crippen LogP contribution >= 0.6 is 68.0 Å². The number of thiophene rings is 6. The van der Waals surface area contributed by atoms with E-state index in [1.807, 2.05) is 68.0 Å². The van der Waals surface area contributed by atoms with Gasteiger partial charge in [0.1, 0.15) is 0 Å². The number of unbranched alkanes of at least 4 members (excludes halogenated alkanes) is 14. The van der Waals surface area contributed by atoms with Gasteiger partial charge in [0.25, 0.3) is 0 Å². The summed E-state index contributed by atoms with van der Waals surface area (Å²) in [6, 6.07) is 14.1. The second-order valence-corrected chi connectivity index (χ2v) is 21.9. The normalized spacial score (nSPS) is 12.5. The van der Waals surface area contributed by atoms with Crippen molar-refractivity contribution < 1.29 is 9.47 Å². The van der Waals surface area contributed by atoms with Crippen LogP contribution in [0.15, 0.2) is 57.9 Å². The molecule has 0 aliphatic heterocycles. The molecule has 0 unspecified atom stereocenters. The molecule has 0 amide bonds. The van der Waals surface area contributed by atoms with E-state index >= 15 is 0 Å². The summed E-state index contributed by atoms with van der Waals surface area (Å²) < 4.78 is 25.1. The Morgan fingerprint density at radius 1 is 0.345 bits per heavy atom. The van der Waals surface area contributed by atoms with Gasteiger partial charge in [0.05, 0.1) is 41.4 Å². The Balaban J connectivity index is 1.14. The van der Waals surface area contributed by atoms with Crippen molar-refractivity contribution in [1.82, 2.24) is 0 Å². The first kappa shape index (κ1) is 39.2. The van der Waals surface area contributed by atoms with Crippen molar-refractivity contribution in [1.29, 1.82) is 0 Å². The van der Waals surface area contributed by atoms with E-state index in [0.29, 0.717) is 0 Å². The first-order valence-corrected chi connectivity index (χ1v) is 27.0. The van der Waals surface area contributed by atoms with Gasteiger partial charge in [-0.3, -0.25) is 0 Å². The minimum Gasteiger partial charge on any atom is -0.490 e. The lowest BCUT2D eigenvalue weighted by Crippen LogP contribution is -2.03. The predicted molar refractivity (Wildman–Crippen MR) is 267 cm³/mol. The van der Waals surface area contributed by atoms with Crippen LogP contribution in [0.4, 0.5) is 0 Å². The summed E-state index contributed by atoms with van der Waals surface area (Å²) in [6.07, 6.45) is 20.6. The van der Waals surface area contributed by atoms with Crippen LogP contribution in [0.3, 0.4) is 0 Å². The smallest absolute Gasteiger partial charge is 0.161 e. The average molecular weight is 877 g/mol. The number of rotatable bonds is 20. The van der Waals surface area contributed by atoms with Gasteiger partial charge in [-0.25, -0.2) is 0 Å². The number of hydrogen-bond donors (Lipinski definition) is 0. The molecule has 0 saturated heterocycles. The summed E-state index contributed by atoms with van der Waals surface area (Å²) in [5.41, 5.74) is 0. The van der Waals surface area contributed by atoms with Gasteiger partial charge in [-0.05, 0) is 81.5 Å². The monoisotopic (exact) mass is 876 g/mol. The minimum atomic E-state index is 0.725. The lowest BCUT2D eigenvalue weighted by Gasteiger charge is -2.16. The Hall–Kier alpha value is -2.98. The first-order chi connectivity index (χ1) is 28.8. The number of benzene rings is 4. The van der Waals surface area contributed by atoms with Crippen LogP contribution in [-0.4, -0.2) is 13.2 Å². The van der Waals surface area contributed by atoms with Crippen molar-refractivity contribution >= 4 is 159 Å². The Labute approximate surface area is 365 Å². The highest BCUT2D eigenvalue weighted by Gasteiger charge is 2.26. The second kappa shape index (κ2) is 17.6. The molecule has 0 radical (unpaired) electrons. The van der Waals surface area contributed by atoms with Gasteiger partial charge >= 0.3 is 0 Å². The molecule has 0 aliphatic carbocycles. The molecule has 2 nitrogen and oxygen atoms in total. The maximum Gasteiger partial charge on any atom is 0.161 e. The van der Waals surface area contributed by atoms with E-state index in [-0.39, 0.29) is 0 Å². The molecule has 0 saturated carbocycles. The van der Waals surface area contributed by atoms with E-state index in [2.05, 4.69) is 71.8 Å². The fraction of sp³-hybridized carbons (Fsp3) is 0.400. The van der Waals surface area contributed by atoms with Crippen molar-refractivity contribution in [3.05, 3.63) is 57.9 Å². The molecule has 6 aromatic heterocycles. The van der Waals surface area contributed by atoms with Crippen molar-refractivity contribution in [3.63, 3.8) is 0 Å². The zero-order valence-corrected chi connectivity index (χ0v) is 38.7. The van der Waals surface area contributed by atoms with Crippen LogP contribution in [-0.2, 0) is 0 Å². The van der Waals surface area contributed by atoms with E-state index < -0.39 is 0 Å². The summed E-state index contributed by atoms with van der Waals surface area (Å²) in [7, 11) is 0. The Morgan fingerprint density at radius 3 is 1.07 bits per heavy atom. The summed E-state index contributed by atoms with van der Waals surface area (Å²) >= 11 is 11.6. The average Bonchev–Trinajstić information content (AvgIpc) is 4.08. The van der Waals surface area contributed by atoms with Gasteiger partial charge in [-0.1, -0.05) is 104 Å². The molecule has 0 atom stereocenters. The van der Waals surface area contributed by atoms with Gasteiger partial charge in [0.2, 0.25) is 0 Å². The third-order valence-corrected chi connectivity index (χ3v) is 18.8. The van der Waals surface area contributed by atoms with E-state index in [0.717, 1.165) is 37.6 Å². The van der Waals surface area contributed by atoms with Gasteiger partial charge in [-0.15, -0.1) is 68.0 Å².